The Morgan fingerprint density at radius 2 is 1.78 bits per heavy atom. The van der Waals surface area contributed by atoms with E-state index in [1.165, 1.54) is 50.7 Å². The summed E-state index contributed by atoms with van der Waals surface area (Å²) in [5, 5.41) is 12.9. The Hall–Kier alpha value is -3.74. The highest BCUT2D eigenvalue weighted by molar-refractivity contribution is 6.41. The fraction of sp³-hybridized carbons (Fsp3) is 0.227. The molecule has 2 heterocycles. The largest absolute Gasteiger partial charge is 0.495 e. The third-order valence-electron chi connectivity index (χ3n) is 4.91. The normalized spacial score (nSPS) is 10.8. The first-order valence-corrected chi connectivity index (χ1v) is 11.8. The molecule has 0 spiro atoms. The second-order valence-corrected chi connectivity index (χ2v) is 8.20. The van der Waals surface area contributed by atoms with Gasteiger partial charge in [0.25, 0.3) is 0 Å². The van der Waals surface area contributed by atoms with Crippen LogP contribution < -0.4 is 30.3 Å². The molecular weight excluding hydrogens is 547 g/mol. The number of nitrogens with one attached hydrogen (secondary N) is 3. The minimum atomic E-state index is -0.597. The fourth-order valence-electron chi connectivity index (χ4n) is 3.01. The highest BCUT2D eigenvalue weighted by atomic mass is 35.5. The molecule has 1 aromatic carbocycles. The van der Waals surface area contributed by atoms with E-state index >= 15 is 0 Å². The van der Waals surface area contributed by atoms with Crippen molar-refractivity contribution >= 4 is 75.6 Å². The fourth-order valence-corrected chi connectivity index (χ4v) is 3.72. The molecule has 0 aliphatic rings. The quantitative estimate of drug-likeness (QED) is 0.302. The molecule has 12 nitrogen and oxygen atoms in total. The zero-order valence-electron chi connectivity index (χ0n) is 20.2. The Morgan fingerprint density at radius 3 is 2.38 bits per heavy atom. The summed E-state index contributed by atoms with van der Waals surface area (Å²) < 4.78 is 12.1. The van der Waals surface area contributed by atoms with Gasteiger partial charge in [-0.15, -0.1) is 0 Å². The maximum atomic E-state index is 13.0. The molecule has 0 saturated carbocycles. The standard InChI is InChI=1S/C22H23Cl3N8O4/c1-5-33-10-12(28-17(34)6-7-23)21(31-33)29-15-9-16(27-11-26-15)32(2)22(35)30-20-18(24)13(36-3)8-14(37-4)19(20)25/h6-11H,5H2,1-4H3,(H,28,34)(H,30,35)(H,26,27,29,31)/b7-6-. The van der Waals surface area contributed by atoms with Gasteiger partial charge in [-0.05, 0) is 6.92 Å². The summed E-state index contributed by atoms with van der Waals surface area (Å²) in [6.07, 6.45) is 4.09. The molecule has 2 aromatic heterocycles. The van der Waals surface area contributed by atoms with E-state index in [-0.39, 0.29) is 33.0 Å². The lowest BCUT2D eigenvalue weighted by molar-refractivity contribution is -0.111. The van der Waals surface area contributed by atoms with Crippen molar-refractivity contribution in [2.24, 2.45) is 0 Å². The van der Waals surface area contributed by atoms with Crippen molar-refractivity contribution in [2.75, 3.05) is 42.1 Å². The van der Waals surface area contributed by atoms with Crippen LogP contribution in [0.5, 0.6) is 11.5 Å². The Morgan fingerprint density at radius 1 is 1.11 bits per heavy atom. The summed E-state index contributed by atoms with van der Waals surface area (Å²) in [6, 6.07) is 2.43. The van der Waals surface area contributed by atoms with Gasteiger partial charge in [0.2, 0.25) is 5.91 Å². The molecule has 3 amide bonds. The SMILES string of the molecule is CCn1cc(NC(=O)/C=C\Cl)c(Nc2cc(N(C)C(=O)Nc3c(Cl)c(OC)cc(OC)c3Cl)ncn2)n1. The van der Waals surface area contributed by atoms with Crippen LogP contribution in [0.4, 0.5) is 33.6 Å². The number of amides is 3. The first kappa shape index (κ1) is 27.8. The van der Waals surface area contributed by atoms with Crippen molar-refractivity contribution < 1.29 is 19.1 Å². The van der Waals surface area contributed by atoms with Crippen LogP contribution in [0.1, 0.15) is 6.92 Å². The van der Waals surface area contributed by atoms with E-state index in [4.69, 9.17) is 44.3 Å². The van der Waals surface area contributed by atoms with Crippen molar-refractivity contribution in [1.82, 2.24) is 19.7 Å². The molecule has 0 saturated heterocycles. The van der Waals surface area contributed by atoms with Gasteiger partial charge >= 0.3 is 6.03 Å². The Kier molecular flexibility index (Phi) is 9.39. The van der Waals surface area contributed by atoms with Crippen molar-refractivity contribution in [1.29, 1.82) is 0 Å². The maximum Gasteiger partial charge on any atom is 0.327 e. The smallest absolute Gasteiger partial charge is 0.327 e. The summed E-state index contributed by atoms with van der Waals surface area (Å²) >= 11 is 18.2. The molecule has 196 valence electrons. The maximum absolute atomic E-state index is 13.0. The molecule has 0 radical (unpaired) electrons. The van der Waals surface area contributed by atoms with Gasteiger partial charge in [0.15, 0.2) is 5.82 Å². The molecular formula is C22H23Cl3N8O4. The number of benzene rings is 1. The molecule has 0 fully saturated rings. The minimum Gasteiger partial charge on any atom is -0.495 e. The summed E-state index contributed by atoms with van der Waals surface area (Å²) in [6.45, 7) is 2.46. The van der Waals surface area contributed by atoms with Crippen LogP contribution in [0.25, 0.3) is 0 Å². The second-order valence-electron chi connectivity index (χ2n) is 7.19. The summed E-state index contributed by atoms with van der Waals surface area (Å²) in [5.74, 6) is 0.990. The minimum absolute atomic E-state index is 0.102. The lowest BCUT2D eigenvalue weighted by atomic mass is 10.2. The number of ether oxygens (including phenoxy) is 2. The molecule has 0 bridgehead atoms. The van der Waals surface area contributed by atoms with Gasteiger partial charge in [-0.2, -0.15) is 5.10 Å². The number of nitrogens with zero attached hydrogens (tertiary/aromatic N) is 5. The molecule has 3 aromatic rings. The van der Waals surface area contributed by atoms with Crippen LogP contribution in [-0.4, -0.2) is 53.0 Å². The zero-order valence-corrected chi connectivity index (χ0v) is 22.4. The number of anilines is 5. The van der Waals surface area contributed by atoms with Crippen molar-refractivity contribution in [3.63, 3.8) is 0 Å². The highest BCUT2D eigenvalue weighted by Crippen LogP contribution is 2.44. The first-order valence-electron chi connectivity index (χ1n) is 10.6. The van der Waals surface area contributed by atoms with Gasteiger partial charge in [-0.25, -0.2) is 14.8 Å². The van der Waals surface area contributed by atoms with Gasteiger partial charge in [-0.3, -0.25) is 14.4 Å². The van der Waals surface area contributed by atoms with E-state index in [2.05, 4.69) is 31.0 Å². The second kappa shape index (κ2) is 12.5. The number of methoxy groups -OCH3 is 2. The topological polar surface area (TPSA) is 136 Å². The molecule has 15 heteroatoms. The third-order valence-corrected chi connectivity index (χ3v) is 5.79. The number of carbonyl (C=O) groups excluding carboxylic acids is 2. The van der Waals surface area contributed by atoms with Crippen molar-refractivity contribution in [3.8, 4) is 11.5 Å². The first-order chi connectivity index (χ1) is 17.7. The number of urea groups is 1. The van der Waals surface area contributed by atoms with E-state index in [0.29, 0.717) is 23.9 Å². The van der Waals surface area contributed by atoms with Gasteiger partial charge < -0.3 is 25.4 Å². The van der Waals surface area contributed by atoms with Crippen LogP contribution in [0.2, 0.25) is 10.0 Å². The van der Waals surface area contributed by atoms with E-state index in [9.17, 15) is 9.59 Å². The summed E-state index contributed by atoms with van der Waals surface area (Å²) in [4.78, 5) is 34.5. The number of carbonyl (C=O) groups is 2. The molecule has 0 atom stereocenters. The van der Waals surface area contributed by atoms with Crippen molar-refractivity contribution in [2.45, 2.75) is 13.5 Å². The van der Waals surface area contributed by atoms with E-state index in [1.54, 1.807) is 10.9 Å². The summed E-state index contributed by atoms with van der Waals surface area (Å²) in [5.41, 5.74) is 1.62. The Labute approximate surface area is 227 Å². The molecule has 0 aliphatic carbocycles. The van der Waals surface area contributed by atoms with Crippen LogP contribution >= 0.6 is 34.8 Å². The average Bonchev–Trinajstić information content (AvgIpc) is 3.27. The van der Waals surface area contributed by atoms with E-state index in [1.807, 2.05) is 6.92 Å². The highest BCUT2D eigenvalue weighted by Gasteiger charge is 2.22. The summed E-state index contributed by atoms with van der Waals surface area (Å²) in [7, 11) is 4.35. The van der Waals surface area contributed by atoms with Crippen LogP contribution in [-0.2, 0) is 11.3 Å². The predicted octanol–water partition coefficient (Wildman–Crippen LogP) is 5.12. The van der Waals surface area contributed by atoms with E-state index < -0.39 is 11.9 Å². The molecule has 0 unspecified atom stereocenters. The average molecular weight is 570 g/mol. The number of aryl methyl sites for hydroxylation is 1. The molecule has 3 rings (SSSR count). The van der Waals surface area contributed by atoms with E-state index in [0.717, 1.165) is 5.54 Å². The van der Waals surface area contributed by atoms with Gasteiger partial charge in [0.1, 0.15) is 45.2 Å². The van der Waals surface area contributed by atoms with Crippen LogP contribution in [0, 0.1) is 0 Å². The number of aromatic nitrogens is 4. The number of halogens is 3. The van der Waals surface area contributed by atoms with Crippen molar-refractivity contribution in [3.05, 3.63) is 46.3 Å². The predicted molar refractivity (Wildman–Crippen MR) is 144 cm³/mol. The van der Waals surface area contributed by atoms with Crippen LogP contribution in [0.3, 0.4) is 0 Å². The molecule has 37 heavy (non-hydrogen) atoms. The Balaban J connectivity index is 1.83. The monoisotopic (exact) mass is 568 g/mol. The lowest BCUT2D eigenvalue weighted by Gasteiger charge is -2.20. The van der Waals surface area contributed by atoms with Crippen LogP contribution in [0.15, 0.2) is 36.3 Å². The number of hydrogen-bond acceptors (Lipinski definition) is 8. The lowest BCUT2D eigenvalue weighted by Crippen LogP contribution is -2.32. The zero-order chi connectivity index (χ0) is 27.1. The third kappa shape index (κ3) is 6.53. The Bertz CT molecular complexity index is 1300. The van der Waals surface area contributed by atoms with Gasteiger partial charge in [0.05, 0.1) is 26.1 Å². The number of rotatable bonds is 9. The molecule has 0 aliphatic heterocycles. The molecule has 3 N–H and O–H groups in total. The van der Waals surface area contributed by atoms with Gasteiger partial charge in [0, 0.05) is 37.3 Å². The van der Waals surface area contributed by atoms with Gasteiger partial charge in [-0.1, -0.05) is 34.8 Å². The number of hydrogen-bond donors (Lipinski definition) is 3.